The van der Waals surface area contributed by atoms with Crippen LogP contribution in [0.2, 0.25) is 0 Å². The van der Waals surface area contributed by atoms with E-state index in [1.54, 1.807) is 0 Å². The van der Waals surface area contributed by atoms with Gasteiger partial charge in [0, 0.05) is 23.2 Å². The maximum atomic E-state index is 11.5. The molecule has 1 N–H and O–H groups in total. The number of benzene rings is 1. The molecular weight excluding hydrogens is 284 g/mol. The van der Waals surface area contributed by atoms with Crippen molar-refractivity contribution in [3.8, 4) is 0 Å². The van der Waals surface area contributed by atoms with Crippen molar-refractivity contribution in [3.63, 3.8) is 0 Å². The summed E-state index contributed by atoms with van der Waals surface area (Å²) < 4.78 is 0.954. The molecule has 0 aliphatic heterocycles. The first kappa shape index (κ1) is 12.3. The zero-order chi connectivity index (χ0) is 12.4. The molecule has 90 valence electrons. The Morgan fingerprint density at radius 2 is 1.94 bits per heavy atom. The minimum atomic E-state index is -0.801. The zero-order valence-electron chi connectivity index (χ0n) is 9.23. The Bertz CT molecular complexity index is 438. The van der Waals surface area contributed by atoms with Crippen molar-refractivity contribution < 1.29 is 14.7 Å². The van der Waals surface area contributed by atoms with Crippen molar-refractivity contribution in [2.45, 2.75) is 25.2 Å². The van der Waals surface area contributed by atoms with Gasteiger partial charge in [-0.05, 0) is 24.1 Å². The number of hydrogen-bond acceptors (Lipinski definition) is 2. The number of aliphatic carboxylic acids is 1. The quantitative estimate of drug-likeness (QED) is 0.913. The van der Waals surface area contributed by atoms with Gasteiger partial charge in [-0.2, -0.15) is 0 Å². The molecule has 1 fully saturated rings. The van der Waals surface area contributed by atoms with Crippen molar-refractivity contribution in [1.29, 1.82) is 0 Å². The predicted octanol–water partition coefficient (Wildman–Crippen LogP) is 2.99. The summed E-state index contributed by atoms with van der Waals surface area (Å²) in [6.07, 6.45) is 1.19. The van der Waals surface area contributed by atoms with Crippen LogP contribution in [0.1, 0.15) is 30.7 Å². The highest BCUT2D eigenvalue weighted by atomic mass is 79.9. The van der Waals surface area contributed by atoms with E-state index in [0.717, 1.165) is 10.0 Å². The number of halogens is 1. The minimum absolute atomic E-state index is 0.162. The summed E-state index contributed by atoms with van der Waals surface area (Å²) in [5.74, 6) is -1.25. The van der Waals surface area contributed by atoms with Gasteiger partial charge in [-0.15, -0.1) is 0 Å². The standard InChI is InChI=1S/C13H13BrO3/c14-9-3-1-8(2-4-9)12-7-10(15)5-6-11(12)13(16)17/h1-4,11-12H,5-7H2,(H,16,17)/t11-,12-/m1/s1. The van der Waals surface area contributed by atoms with Crippen LogP contribution in [0.4, 0.5) is 0 Å². The van der Waals surface area contributed by atoms with Crippen molar-refractivity contribution >= 4 is 27.7 Å². The molecule has 1 aliphatic rings. The SMILES string of the molecule is O=C1CC[C@@H](C(=O)O)[C@@H](c2ccc(Br)cc2)C1. The first-order valence-corrected chi connectivity index (χ1v) is 6.37. The van der Waals surface area contributed by atoms with E-state index in [1.807, 2.05) is 24.3 Å². The second kappa shape index (κ2) is 5.00. The van der Waals surface area contributed by atoms with Gasteiger partial charge in [0.15, 0.2) is 0 Å². The van der Waals surface area contributed by atoms with Crippen LogP contribution in [0.3, 0.4) is 0 Å². The topological polar surface area (TPSA) is 54.4 Å². The molecule has 0 saturated heterocycles. The molecule has 3 nitrogen and oxygen atoms in total. The third-order valence-electron chi connectivity index (χ3n) is 3.28. The van der Waals surface area contributed by atoms with E-state index in [0.29, 0.717) is 19.3 Å². The molecule has 1 aromatic carbocycles. The molecule has 1 aromatic rings. The molecular formula is C13H13BrO3. The van der Waals surface area contributed by atoms with Crippen LogP contribution in [-0.4, -0.2) is 16.9 Å². The van der Waals surface area contributed by atoms with Gasteiger partial charge < -0.3 is 5.11 Å². The van der Waals surface area contributed by atoms with Crippen molar-refractivity contribution in [3.05, 3.63) is 34.3 Å². The highest BCUT2D eigenvalue weighted by molar-refractivity contribution is 9.10. The summed E-state index contributed by atoms with van der Waals surface area (Å²) in [6, 6.07) is 7.55. The van der Waals surface area contributed by atoms with Crippen molar-refractivity contribution in [2.24, 2.45) is 5.92 Å². The van der Waals surface area contributed by atoms with E-state index in [-0.39, 0.29) is 11.7 Å². The largest absolute Gasteiger partial charge is 0.481 e. The maximum absolute atomic E-state index is 11.5. The number of carbonyl (C=O) groups is 2. The smallest absolute Gasteiger partial charge is 0.307 e. The summed E-state index contributed by atoms with van der Waals surface area (Å²) >= 11 is 3.34. The number of carbonyl (C=O) groups excluding carboxylic acids is 1. The number of hydrogen-bond donors (Lipinski definition) is 1. The third kappa shape index (κ3) is 2.75. The van der Waals surface area contributed by atoms with Crippen molar-refractivity contribution in [1.82, 2.24) is 0 Å². The van der Waals surface area contributed by atoms with Crippen LogP contribution in [0.5, 0.6) is 0 Å². The van der Waals surface area contributed by atoms with E-state index in [9.17, 15) is 14.7 Å². The zero-order valence-corrected chi connectivity index (χ0v) is 10.8. The lowest BCUT2D eigenvalue weighted by Crippen LogP contribution is -2.29. The summed E-state index contributed by atoms with van der Waals surface area (Å²) in [5, 5.41) is 9.19. The second-order valence-electron chi connectivity index (χ2n) is 4.38. The highest BCUT2D eigenvalue weighted by Gasteiger charge is 2.35. The Kier molecular flexibility index (Phi) is 3.62. The normalized spacial score (nSPS) is 24.6. The lowest BCUT2D eigenvalue weighted by Gasteiger charge is -2.28. The fourth-order valence-electron chi connectivity index (χ4n) is 2.36. The molecule has 1 saturated carbocycles. The predicted molar refractivity (Wildman–Crippen MR) is 66.9 cm³/mol. The Hall–Kier alpha value is -1.16. The van der Waals surface area contributed by atoms with E-state index in [4.69, 9.17) is 0 Å². The van der Waals surface area contributed by atoms with Gasteiger partial charge in [-0.3, -0.25) is 9.59 Å². The number of ketones is 1. The number of Topliss-reactive ketones (excluding diaryl/α,β-unsaturated/α-hetero) is 1. The molecule has 2 atom stereocenters. The second-order valence-corrected chi connectivity index (χ2v) is 5.30. The van der Waals surface area contributed by atoms with E-state index in [1.165, 1.54) is 0 Å². The molecule has 0 unspecified atom stereocenters. The van der Waals surface area contributed by atoms with Gasteiger partial charge in [0.05, 0.1) is 5.92 Å². The van der Waals surface area contributed by atoms with E-state index >= 15 is 0 Å². The summed E-state index contributed by atoms with van der Waals surface area (Å²) in [6.45, 7) is 0. The van der Waals surface area contributed by atoms with Gasteiger partial charge in [0.2, 0.25) is 0 Å². The fraction of sp³-hybridized carbons (Fsp3) is 0.385. The van der Waals surface area contributed by atoms with Crippen LogP contribution in [0.25, 0.3) is 0 Å². The van der Waals surface area contributed by atoms with Gasteiger partial charge in [-0.1, -0.05) is 28.1 Å². The molecule has 2 rings (SSSR count). The number of carboxylic acid groups (broad SMARTS) is 1. The van der Waals surface area contributed by atoms with Crippen LogP contribution in [0.15, 0.2) is 28.7 Å². The Labute approximate surface area is 108 Å². The maximum Gasteiger partial charge on any atom is 0.307 e. The number of carboxylic acids is 1. The summed E-state index contributed by atoms with van der Waals surface area (Å²) in [7, 11) is 0. The number of rotatable bonds is 2. The Balaban J connectivity index is 2.28. The Morgan fingerprint density at radius 3 is 2.53 bits per heavy atom. The lowest BCUT2D eigenvalue weighted by atomic mass is 9.75. The first-order valence-electron chi connectivity index (χ1n) is 5.58. The molecule has 0 radical (unpaired) electrons. The van der Waals surface area contributed by atoms with Crippen LogP contribution in [-0.2, 0) is 9.59 Å². The third-order valence-corrected chi connectivity index (χ3v) is 3.81. The molecule has 0 aromatic heterocycles. The van der Waals surface area contributed by atoms with Gasteiger partial charge >= 0.3 is 5.97 Å². The fourth-order valence-corrected chi connectivity index (χ4v) is 2.63. The molecule has 0 spiro atoms. The van der Waals surface area contributed by atoms with Crippen LogP contribution < -0.4 is 0 Å². The average Bonchev–Trinajstić information content (AvgIpc) is 2.29. The summed E-state index contributed by atoms with van der Waals surface area (Å²) in [5.41, 5.74) is 0.939. The van der Waals surface area contributed by atoms with Gasteiger partial charge in [-0.25, -0.2) is 0 Å². The Morgan fingerprint density at radius 1 is 1.29 bits per heavy atom. The van der Waals surface area contributed by atoms with E-state index in [2.05, 4.69) is 15.9 Å². The average molecular weight is 297 g/mol. The highest BCUT2D eigenvalue weighted by Crippen LogP contribution is 2.36. The monoisotopic (exact) mass is 296 g/mol. The van der Waals surface area contributed by atoms with Crippen LogP contribution >= 0.6 is 15.9 Å². The molecule has 0 amide bonds. The molecule has 0 bridgehead atoms. The molecule has 17 heavy (non-hydrogen) atoms. The van der Waals surface area contributed by atoms with Crippen molar-refractivity contribution in [2.75, 3.05) is 0 Å². The molecule has 0 heterocycles. The molecule has 4 heteroatoms. The van der Waals surface area contributed by atoms with Gasteiger partial charge in [0.1, 0.15) is 5.78 Å². The molecule has 1 aliphatic carbocycles. The first-order chi connectivity index (χ1) is 8.08. The summed E-state index contributed by atoms with van der Waals surface area (Å²) in [4.78, 5) is 22.7. The lowest BCUT2D eigenvalue weighted by molar-refractivity contribution is -0.144. The van der Waals surface area contributed by atoms with Crippen LogP contribution in [0, 0.1) is 5.92 Å². The van der Waals surface area contributed by atoms with E-state index < -0.39 is 11.9 Å². The van der Waals surface area contributed by atoms with Gasteiger partial charge in [0.25, 0.3) is 0 Å². The minimum Gasteiger partial charge on any atom is -0.481 e.